The summed E-state index contributed by atoms with van der Waals surface area (Å²) in [7, 11) is 0. The van der Waals surface area contributed by atoms with E-state index in [9.17, 15) is 18.0 Å². The third-order valence-corrected chi connectivity index (χ3v) is 4.92. The van der Waals surface area contributed by atoms with Gasteiger partial charge < -0.3 is 10.2 Å². The molecule has 1 aliphatic rings. The summed E-state index contributed by atoms with van der Waals surface area (Å²) in [6.45, 7) is 4.74. The number of hydrogen-bond acceptors (Lipinski definition) is 4. The Morgan fingerprint density at radius 3 is 2.57 bits per heavy atom. The summed E-state index contributed by atoms with van der Waals surface area (Å²) in [5.41, 5.74) is -0.288. The summed E-state index contributed by atoms with van der Waals surface area (Å²) < 4.78 is 38.0. The van der Waals surface area contributed by atoms with E-state index in [4.69, 9.17) is 0 Å². The van der Waals surface area contributed by atoms with Gasteiger partial charge in [-0.05, 0) is 56.9 Å². The molecule has 1 saturated heterocycles. The zero-order chi connectivity index (χ0) is 20.3. The van der Waals surface area contributed by atoms with Crippen LogP contribution in [0.5, 0.6) is 0 Å². The van der Waals surface area contributed by atoms with E-state index < -0.39 is 17.6 Å². The zero-order valence-electron chi connectivity index (χ0n) is 15.9. The maximum absolute atomic E-state index is 12.7. The van der Waals surface area contributed by atoms with E-state index in [1.54, 1.807) is 13.0 Å². The van der Waals surface area contributed by atoms with Gasteiger partial charge in [0.2, 0.25) is 0 Å². The Kier molecular flexibility index (Phi) is 5.86. The quantitative estimate of drug-likeness (QED) is 0.810. The molecule has 2 aromatic rings. The Hall–Kier alpha value is -2.64. The second-order valence-corrected chi connectivity index (χ2v) is 6.94. The monoisotopic (exact) mass is 392 g/mol. The SMILES string of the molecule is CCC1CCCCN1c1cc(C(=O)Nc2ccc(C(F)(F)F)cc2)nc(C)n1. The molecule has 5 nitrogen and oxygen atoms in total. The first-order chi connectivity index (χ1) is 13.3. The highest BCUT2D eigenvalue weighted by molar-refractivity contribution is 6.03. The second-order valence-electron chi connectivity index (χ2n) is 6.94. The molecule has 0 saturated carbocycles. The fourth-order valence-corrected chi connectivity index (χ4v) is 3.48. The van der Waals surface area contributed by atoms with Crippen LogP contribution in [0.25, 0.3) is 0 Å². The normalized spacial score (nSPS) is 17.5. The summed E-state index contributed by atoms with van der Waals surface area (Å²) >= 11 is 0. The minimum Gasteiger partial charge on any atom is -0.354 e. The average Bonchev–Trinajstić information content (AvgIpc) is 2.67. The van der Waals surface area contributed by atoms with Crippen molar-refractivity contribution < 1.29 is 18.0 Å². The van der Waals surface area contributed by atoms with Crippen LogP contribution in [0.3, 0.4) is 0 Å². The smallest absolute Gasteiger partial charge is 0.354 e. The molecule has 150 valence electrons. The molecule has 3 rings (SSSR count). The van der Waals surface area contributed by atoms with E-state index in [0.29, 0.717) is 11.9 Å². The second kappa shape index (κ2) is 8.16. The third-order valence-electron chi connectivity index (χ3n) is 4.92. The summed E-state index contributed by atoms with van der Waals surface area (Å²) in [6.07, 6.45) is -0.0682. The van der Waals surface area contributed by atoms with Crippen molar-refractivity contribution in [3.63, 3.8) is 0 Å². The van der Waals surface area contributed by atoms with Gasteiger partial charge in [-0.25, -0.2) is 9.97 Å². The molecule has 0 spiro atoms. The van der Waals surface area contributed by atoms with Crippen molar-refractivity contribution in [3.8, 4) is 0 Å². The molecule has 8 heteroatoms. The summed E-state index contributed by atoms with van der Waals surface area (Å²) in [6, 6.07) is 6.37. The maximum atomic E-state index is 12.7. The number of nitrogens with one attached hydrogen (secondary N) is 1. The zero-order valence-corrected chi connectivity index (χ0v) is 15.9. The van der Waals surface area contributed by atoms with Crippen molar-refractivity contribution >= 4 is 17.4 Å². The number of aryl methyl sites for hydroxylation is 1. The minimum atomic E-state index is -4.41. The van der Waals surface area contributed by atoms with Crippen molar-refractivity contribution in [3.05, 3.63) is 47.4 Å². The molecule has 0 bridgehead atoms. The van der Waals surface area contributed by atoms with Gasteiger partial charge in [0.25, 0.3) is 5.91 Å². The van der Waals surface area contributed by atoms with Gasteiger partial charge in [-0.1, -0.05) is 6.92 Å². The number of nitrogens with zero attached hydrogens (tertiary/aromatic N) is 3. The van der Waals surface area contributed by atoms with Crippen LogP contribution < -0.4 is 10.2 Å². The molecule has 1 N–H and O–H groups in total. The van der Waals surface area contributed by atoms with E-state index >= 15 is 0 Å². The van der Waals surface area contributed by atoms with E-state index in [0.717, 1.165) is 43.8 Å². The van der Waals surface area contributed by atoms with Crippen LogP contribution in [-0.2, 0) is 6.18 Å². The molecule has 0 aliphatic carbocycles. The van der Waals surface area contributed by atoms with Crippen molar-refractivity contribution in [1.29, 1.82) is 0 Å². The van der Waals surface area contributed by atoms with E-state index in [1.807, 2.05) is 0 Å². The number of amides is 1. The molecule has 0 radical (unpaired) electrons. The topological polar surface area (TPSA) is 58.1 Å². The first-order valence-corrected chi connectivity index (χ1v) is 9.39. The predicted octanol–water partition coefficient (Wildman–Crippen LogP) is 4.83. The molecule has 2 heterocycles. The van der Waals surface area contributed by atoms with Crippen molar-refractivity contribution in [2.75, 3.05) is 16.8 Å². The van der Waals surface area contributed by atoms with Gasteiger partial charge >= 0.3 is 6.18 Å². The van der Waals surface area contributed by atoms with Gasteiger partial charge in [0.05, 0.1) is 5.56 Å². The van der Waals surface area contributed by atoms with Crippen molar-refractivity contribution in [2.24, 2.45) is 0 Å². The molecule has 1 atom stereocenters. The molecule has 1 unspecified atom stereocenters. The van der Waals surface area contributed by atoms with Crippen LogP contribution in [-0.4, -0.2) is 28.5 Å². The number of benzene rings is 1. The van der Waals surface area contributed by atoms with Crippen molar-refractivity contribution in [2.45, 2.75) is 51.7 Å². The summed E-state index contributed by atoms with van der Waals surface area (Å²) in [5, 5.41) is 2.60. The highest BCUT2D eigenvalue weighted by Gasteiger charge is 2.30. The number of halogens is 3. The van der Waals surface area contributed by atoms with Gasteiger partial charge in [0.1, 0.15) is 17.3 Å². The van der Waals surface area contributed by atoms with Crippen LogP contribution in [0, 0.1) is 6.92 Å². The molecule has 1 amide bonds. The predicted molar refractivity (Wildman–Crippen MR) is 101 cm³/mol. The van der Waals surface area contributed by atoms with Crippen molar-refractivity contribution in [1.82, 2.24) is 9.97 Å². The molecule has 1 fully saturated rings. The van der Waals surface area contributed by atoms with Crippen LogP contribution >= 0.6 is 0 Å². The molecule has 1 aliphatic heterocycles. The standard InChI is InChI=1S/C20H23F3N4O/c1-3-16-6-4-5-11-27(16)18-12-17(24-13(2)25-18)19(28)26-15-9-7-14(8-10-15)20(21,22)23/h7-10,12,16H,3-6,11H2,1-2H3,(H,26,28). The van der Waals surface area contributed by atoms with Crippen LogP contribution in [0.2, 0.25) is 0 Å². The van der Waals surface area contributed by atoms with Gasteiger partial charge in [0, 0.05) is 24.3 Å². The Morgan fingerprint density at radius 1 is 1.21 bits per heavy atom. The number of anilines is 2. The fourth-order valence-electron chi connectivity index (χ4n) is 3.48. The Balaban J connectivity index is 1.79. The molecule has 28 heavy (non-hydrogen) atoms. The van der Waals surface area contributed by atoms with Gasteiger partial charge in [-0.15, -0.1) is 0 Å². The third kappa shape index (κ3) is 4.61. The Bertz CT molecular complexity index is 836. The number of carbonyl (C=O) groups is 1. The molecule has 1 aromatic heterocycles. The Labute approximate surface area is 162 Å². The lowest BCUT2D eigenvalue weighted by Gasteiger charge is -2.36. The largest absolute Gasteiger partial charge is 0.416 e. The molecular weight excluding hydrogens is 369 g/mol. The van der Waals surface area contributed by atoms with Gasteiger partial charge in [-0.3, -0.25) is 4.79 Å². The highest BCUT2D eigenvalue weighted by atomic mass is 19.4. The van der Waals surface area contributed by atoms with E-state index in [1.165, 1.54) is 18.6 Å². The van der Waals surface area contributed by atoms with Crippen LogP contribution in [0.15, 0.2) is 30.3 Å². The molecular formula is C20H23F3N4O. The maximum Gasteiger partial charge on any atom is 0.416 e. The number of rotatable bonds is 4. The number of carbonyl (C=O) groups excluding carboxylic acids is 1. The highest BCUT2D eigenvalue weighted by Crippen LogP contribution is 2.30. The van der Waals surface area contributed by atoms with Gasteiger partial charge in [-0.2, -0.15) is 13.2 Å². The number of aromatic nitrogens is 2. The van der Waals surface area contributed by atoms with E-state index in [-0.39, 0.29) is 11.4 Å². The first kappa shape index (κ1) is 20.1. The van der Waals surface area contributed by atoms with E-state index in [2.05, 4.69) is 27.1 Å². The van der Waals surface area contributed by atoms with Crippen LogP contribution in [0.4, 0.5) is 24.7 Å². The minimum absolute atomic E-state index is 0.197. The number of piperidine rings is 1. The Morgan fingerprint density at radius 2 is 1.93 bits per heavy atom. The fraction of sp³-hybridized carbons (Fsp3) is 0.450. The first-order valence-electron chi connectivity index (χ1n) is 9.39. The lowest BCUT2D eigenvalue weighted by molar-refractivity contribution is -0.137. The number of alkyl halides is 3. The van der Waals surface area contributed by atoms with Gasteiger partial charge in [0.15, 0.2) is 0 Å². The molecule has 1 aromatic carbocycles. The van der Waals surface area contributed by atoms with Crippen LogP contribution in [0.1, 0.15) is 54.5 Å². The lowest BCUT2D eigenvalue weighted by atomic mass is 10.00. The summed E-state index contributed by atoms with van der Waals surface area (Å²) in [4.78, 5) is 23.5. The summed E-state index contributed by atoms with van der Waals surface area (Å²) in [5.74, 6) is 0.726. The average molecular weight is 392 g/mol. The lowest BCUT2D eigenvalue weighted by Crippen LogP contribution is -2.40. The number of hydrogen-bond donors (Lipinski definition) is 1.